The number of rotatable bonds is 6. The van der Waals surface area contributed by atoms with Gasteiger partial charge in [-0.25, -0.2) is 0 Å². The molecule has 0 amide bonds. The Labute approximate surface area is 106 Å². The highest BCUT2D eigenvalue weighted by Gasteiger charge is 2.43. The summed E-state index contributed by atoms with van der Waals surface area (Å²) in [7, 11) is 0. The fourth-order valence-corrected chi connectivity index (χ4v) is 2.94. The number of hydrogen-bond acceptors (Lipinski definition) is 6. The molecule has 5 atom stereocenters. The minimum atomic E-state index is -1.26. The van der Waals surface area contributed by atoms with Gasteiger partial charge in [-0.15, -0.1) is 11.8 Å². The van der Waals surface area contributed by atoms with Gasteiger partial charge < -0.3 is 25.2 Å². The lowest BCUT2D eigenvalue weighted by Crippen LogP contribution is -2.57. The van der Waals surface area contributed by atoms with E-state index in [9.17, 15) is 15.3 Å². The van der Waals surface area contributed by atoms with Crippen LogP contribution in [0, 0.1) is 0 Å². The Hall–Kier alpha value is 0.150. The van der Waals surface area contributed by atoms with Crippen LogP contribution in [0.1, 0.15) is 26.2 Å². The third kappa shape index (κ3) is 4.08. The van der Waals surface area contributed by atoms with Gasteiger partial charge in [-0.2, -0.15) is 0 Å². The van der Waals surface area contributed by atoms with Crippen molar-refractivity contribution in [3.63, 3.8) is 0 Å². The van der Waals surface area contributed by atoms with E-state index < -0.39 is 29.9 Å². The van der Waals surface area contributed by atoms with Gasteiger partial charge in [-0.3, -0.25) is 0 Å². The summed E-state index contributed by atoms with van der Waals surface area (Å²) in [5.41, 5.74) is -0.581. The van der Waals surface area contributed by atoms with E-state index in [1.165, 1.54) is 11.8 Å². The molecule has 0 saturated carbocycles. The van der Waals surface area contributed by atoms with Gasteiger partial charge in [0.1, 0.15) is 29.9 Å². The molecule has 102 valence electrons. The van der Waals surface area contributed by atoms with Crippen LogP contribution in [-0.4, -0.2) is 62.6 Å². The molecule has 17 heavy (non-hydrogen) atoms. The smallest absolute Gasteiger partial charge is 0.132 e. The molecule has 6 heteroatoms. The van der Waals surface area contributed by atoms with Crippen LogP contribution in [0.15, 0.2) is 0 Å². The maximum absolute atomic E-state index is 9.74. The van der Waals surface area contributed by atoms with Gasteiger partial charge in [0.05, 0.1) is 6.61 Å². The summed E-state index contributed by atoms with van der Waals surface area (Å²) < 4.78 is 5.36. The second-order valence-corrected chi connectivity index (χ2v) is 5.48. The van der Waals surface area contributed by atoms with Crippen molar-refractivity contribution in [1.29, 1.82) is 0 Å². The molecule has 0 aromatic heterocycles. The molecule has 0 spiro atoms. The maximum atomic E-state index is 9.74. The number of aliphatic hydroxyl groups is 4. The predicted octanol–water partition coefficient (Wildman–Crippen LogP) is -0.290. The molecule has 4 N–H and O–H groups in total. The lowest BCUT2D eigenvalue weighted by Gasteiger charge is -2.39. The van der Waals surface area contributed by atoms with Crippen molar-refractivity contribution in [3.8, 4) is 0 Å². The van der Waals surface area contributed by atoms with E-state index in [0.29, 0.717) is 0 Å². The number of thioether (sulfide) groups is 1. The van der Waals surface area contributed by atoms with E-state index in [-0.39, 0.29) is 6.61 Å². The van der Waals surface area contributed by atoms with Crippen LogP contribution in [0.5, 0.6) is 0 Å². The normalized spacial score (nSPS) is 38.3. The van der Waals surface area contributed by atoms with Crippen molar-refractivity contribution in [2.45, 2.75) is 56.0 Å². The van der Waals surface area contributed by atoms with E-state index in [4.69, 9.17) is 9.84 Å². The van der Waals surface area contributed by atoms with Gasteiger partial charge in [-0.05, 0) is 12.2 Å². The second-order valence-electron chi connectivity index (χ2n) is 4.28. The molecule has 1 rings (SSSR count). The Kier molecular flexibility index (Phi) is 6.76. The summed E-state index contributed by atoms with van der Waals surface area (Å²) in [4.78, 5) is 0. The van der Waals surface area contributed by atoms with Crippen LogP contribution < -0.4 is 0 Å². The molecule has 0 unspecified atom stereocenters. The van der Waals surface area contributed by atoms with Crippen LogP contribution in [0.4, 0.5) is 0 Å². The Morgan fingerprint density at radius 2 is 1.76 bits per heavy atom. The lowest BCUT2D eigenvalue weighted by atomic mass is 10.0. The fraction of sp³-hybridized carbons (Fsp3) is 1.00. The molecular weight excluding hydrogens is 244 g/mol. The first kappa shape index (κ1) is 15.2. The Bertz CT molecular complexity index is 214. The second kappa shape index (κ2) is 7.56. The summed E-state index contributed by atoms with van der Waals surface area (Å²) in [5.74, 6) is 0.830. The number of unbranched alkanes of at least 4 members (excludes halogenated alkanes) is 2. The molecule has 1 fully saturated rings. The predicted molar refractivity (Wildman–Crippen MR) is 65.8 cm³/mol. The average Bonchev–Trinajstić information content (AvgIpc) is 2.34. The first-order valence-electron chi connectivity index (χ1n) is 6.04. The Morgan fingerprint density at radius 1 is 1.06 bits per heavy atom. The highest BCUT2D eigenvalue weighted by atomic mass is 32.2. The molecule has 0 aromatic rings. The van der Waals surface area contributed by atoms with E-state index in [1.54, 1.807) is 0 Å². The number of ether oxygens (including phenoxy) is 1. The molecule has 1 saturated heterocycles. The third-order valence-corrected chi connectivity index (χ3v) is 4.12. The maximum Gasteiger partial charge on any atom is 0.132 e. The van der Waals surface area contributed by atoms with Crippen LogP contribution >= 0.6 is 11.8 Å². The SMILES string of the molecule is CCCCCS[C@@H]1O[C@H](CO)[C@@H](O)[C@H](O)[C@H]1O. The van der Waals surface area contributed by atoms with Gasteiger partial charge >= 0.3 is 0 Å². The quantitative estimate of drug-likeness (QED) is 0.494. The largest absolute Gasteiger partial charge is 0.394 e. The van der Waals surface area contributed by atoms with E-state index >= 15 is 0 Å². The molecule has 0 bridgehead atoms. The monoisotopic (exact) mass is 266 g/mol. The minimum Gasteiger partial charge on any atom is -0.394 e. The van der Waals surface area contributed by atoms with E-state index in [2.05, 4.69) is 6.92 Å². The van der Waals surface area contributed by atoms with Gasteiger partial charge in [0, 0.05) is 0 Å². The average molecular weight is 266 g/mol. The molecule has 0 aromatic carbocycles. The standard InChI is InChI=1S/C11H22O5S/c1-2-3-4-5-17-11-10(15)9(14)8(13)7(6-12)16-11/h7-15H,2-6H2,1H3/t7-,8-,9+,10-,11+/m1/s1. The number of aliphatic hydroxyl groups excluding tert-OH is 4. The summed E-state index contributed by atoms with van der Waals surface area (Å²) in [6.45, 7) is 1.75. The van der Waals surface area contributed by atoms with Gasteiger partial charge in [0.15, 0.2) is 0 Å². The van der Waals surface area contributed by atoms with Gasteiger partial charge in [0.25, 0.3) is 0 Å². The van der Waals surface area contributed by atoms with Crippen LogP contribution in [0.25, 0.3) is 0 Å². The van der Waals surface area contributed by atoms with Gasteiger partial charge in [-0.1, -0.05) is 19.8 Å². The van der Waals surface area contributed by atoms with Crippen molar-refractivity contribution in [2.75, 3.05) is 12.4 Å². The zero-order chi connectivity index (χ0) is 12.8. The number of hydrogen-bond donors (Lipinski definition) is 4. The highest BCUT2D eigenvalue weighted by Crippen LogP contribution is 2.28. The minimum absolute atomic E-state index is 0.364. The Morgan fingerprint density at radius 3 is 2.35 bits per heavy atom. The summed E-state index contributed by atoms with van der Waals surface area (Å²) >= 11 is 1.42. The zero-order valence-corrected chi connectivity index (χ0v) is 10.8. The van der Waals surface area contributed by atoms with E-state index in [1.807, 2.05) is 0 Å². The molecule has 1 heterocycles. The summed E-state index contributed by atoms with van der Waals surface area (Å²) in [5, 5.41) is 37.9. The first-order chi connectivity index (χ1) is 8.11. The van der Waals surface area contributed by atoms with Crippen LogP contribution in [0.3, 0.4) is 0 Å². The third-order valence-electron chi connectivity index (χ3n) is 2.88. The fourth-order valence-electron chi connectivity index (χ4n) is 1.76. The van der Waals surface area contributed by atoms with Crippen molar-refractivity contribution in [1.82, 2.24) is 0 Å². The van der Waals surface area contributed by atoms with Crippen molar-refractivity contribution < 1.29 is 25.2 Å². The van der Waals surface area contributed by atoms with Crippen LogP contribution in [-0.2, 0) is 4.74 Å². The first-order valence-corrected chi connectivity index (χ1v) is 7.08. The van der Waals surface area contributed by atoms with Crippen LogP contribution in [0.2, 0.25) is 0 Å². The molecule has 0 aliphatic carbocycles. The lowest BCUT2D eigenvalue weighted by molar-refractivity contribution is -0.205. The molecule has 0 radical (unpaired) electrons. The molecule has 5 nitrogen and oxygen atoms in total. The van der Waals surface area contributed by atoms with Crippen molar-refractivity contribution >= 4 is 11.8 Å². The zero-order valence-electron chi connectivity index (χ0n) is 10.0. The van der Waals surface area contributed by atoms with Crippen molar-refractivity contribution in [2.24, 2.45) is 0 Å². The highest BCUT2D eigenvalue weighted by molar-refractivity contribution is 7.99. The van der Waals surface area contributed by atoms with E-state index in [0.717, 1.165) is 25.0 Å². The molecular formula is C11H22O5S. The Balaban J connectivity index is 2.42. The molecule has 1 aliphatic rings. The topological polar surface area (TPSA) is 90.2 Å². The summed E-state index contributed by atoms with van der Waals surface area (Å²) in [6, 6.07) is 0. The molecule has 1 aliphatic heterocycles. The van der Waals surface area contributed by atoms with Gasteiger partial charge in [0.2, 0.25) is 0 Å². The summed E-state index contributed by atoms with van der Waals surface area (Å²) in [6.07, 6.45) is -1.17. The van der Waals surface area contributed by atoms with Crippen molar-refractivity contribution in [3.05, 3.63) is 0 Å².